The minimum absolute atomic E-state index is 0.0530. The van der Waals surface area contributed by atoms with Crippen LogP contribution in [0.3, 0.4) is 0 Å². The highest BCUT2D eigenvalue weighted by molar-refractivity contribution is 6.04. The number of carbonyl (C=O) groups is 1. The zero-order valence-electron chi connectivity index (χ0n) is 10.5. The number of nitrogens with one attached hydrogen (secondary N) is 2. The molecule has 0 spiro atoms. The third-order valence-corrected chi connectivity index (χ3v) is 3.30. The fraction of sp³-hybridized carbons (Fsp3) is 0.267. The van der Waals surface area contributed by atoms with Crippen molar-refractivity contribution >= 4 is 22.4 Å². The summed E-state index contributed by atoms with van der Waals surface area (Å²) in [6.07, 6.45) is 2.32. The van der Waals surface area contributed by atoms with Gasteiger partial charge in [-0.25, -0.2) is 0 Å². The highest BCUT2D eigenvalue weighted by Gasteiger charge is 2.21. The van der Waals surface area contributed by atoms with Gasteiger partial charge in [0.25, 0.3) is 0 Å². The van der Waals surface area contributed by atoms with Crippen molar-refractivity contribution < 1.29 is 9.90 Å². The minimum atomic E-state index is -0.0530. The van der Waals surface area contributed by atoms with Crippen LogP contribution in [0.2, 0.25) is 0 Å². The summed E-state index contributed by atoms with van der Waals surface area (Å²) in [5, 5.41) is 17.4. The van der Waals surface area contributed by atoms with Crippen LogP contribution in [0, 0.1) is 0 Å². The maximum absolute atomic E-state index is 11.8. The Bertz CT molecular complexity index is 621. The van der Waals surface area contributed by atoms with Gasteiger partial charge in [-0.15, -0.1) is 0 Å². The van der Waals surface area contributed by atoms with Crippen molar-refractivity contribution in [1.29, 1.82) is 0 Å². The van der Waals surface area contributed by atoms with E-state index in [0.29, 0.717) is 12.6 Å². The summed E-state index contributed by atoms with van der Waals surface area (Å²) in [6.45, 7) is 0.333. The first-order valence-electron chi connectivity index (χ1n) is 6.48. The van der Waals surface area contributed by atoms with Crippen molar-refractivity contribution in [2.45, 2.75) is 18.9 Å². The second-order valence-corrected chi connectivity index (χ2v) is 4.88. The Labute approximate surface area is 111 Å². The summed E-state index contributed by atoms with van der Waals surface area (Å²) >= 11 is 0. The smallest absolute Gasteiger partial charge is 0.238 e. The number of carbonyl (C=O) groups excluding carboxylic acids is 1. The van der Waals surface area contributed by atoms with Crippen LogP contribution >= 0.6 is 0 Å². The van der Waals surface area contributed by atoms with Crippen LogP contribution in [0.15, 0.2) is 36.4 Å². The van der Waals surface area contributed by atoms with Gasteiger partial charge in [-0.2, -0.15) is 0 Å². The van der Waals surface area contributed by atoms with Crippen LogP contribution in [0.25, 0.3) is 10.8 Å². The van der Waals surface area contributed by atoms with E-state index in [1.165, 1.54) is 0 Å². The van der Waals surface area contributed by atoms with Crippen molar-refractivity contribution in [3.05, 3.63) is 36.4 Å². The largest absolute Gasteiger partial charge is 0.507 e. The maximum Gasteiger partial charge on any atom is 0.238 e. The molecule has 1 aliphatic rings. The van der Waals surface area contributed by atoms with Gasteiger partial charge >= 0.3 is 0 Å². The molecule has 2 aromatic rings. The lowest BCUT2D eigenvalue weighted by Crippen LogP contribution is -2.29. The molecule has 3 N–H and O–H groups in total. The summed E-state index contributed by atoms with van der Waals surface area (Å²) in [5.41, 5.74) is 0.732. The first-order chi connectivity index (χ1) is 9.24. The molecule has 1 saturated carbocycles. The van der Waals surface area contributed by atoms with Gasteiger partial charge in [0.15, 0.2) is 0 Å². The zero-order chi connectivity index (χ0) is 13.2. The van der Waals surface area contributed by atoms with E-state index in [-0.39, 0.29) is 11.7 Å². The van der Waals surface area contributed by atoms with Crippen molar-refractivity contribution in [3.8, 4) is 5.75 Å². The van der Waals surface area contributed by atoms with Crippen LogP contribution in [-0.4, -0.2) is 23.6 Å². The summed E-state index contributed by atoms with van der Waals surface area (Å²) in [6, 6.07) is 11.3. The average Bonchev–Trinajstić information content (AvgIpc) is 3.22. The molecule has 0 radical (unpaired) electrons. The molecule has 19 heavy (non-hydrogen) atoms. The van der Waals surface area contributed by atoms with E-state index in [2.05, 4.69) is 10.6 Å². The number of fused-ring (bicyclic) bond motifs is 1. The molecule has 3 rings (SSSR count). The molecule has 1 amide bonds. The van der Waals surface area contributed by atoms with Crippen LogP contribution in [0.4, 0.5) is 5.69 Å². The third kappa shape index (κ3) is 2.69. The first kappa shape index (κ1) is 12.0. The highest BCUT2D eigenvalue weighted by atomic mass is 16.3. The molecule has 0 aromatic heterocycles. The predicted octanol–water partition coefficient (Wildman–Crippen LogP) is 2.24. The molecule has 98 valence electrons. The van der Waals surface area contributed by atoms with Crippen molar-refractivity contribution in [1.82, 2.24) is 5.32 Å². The maximum atomic E-state index is 11.8. The van der Waals surface area contributed by atoms with Crippen molar-refractivity contribution in [2.24, 2.45) is 0 Å². The zero-order valence-corrected chi connectivity index (χ0v) is 10.5. The Morgan fingerprint density at radius 3 is 2.68 bits per heavy atom. The molecule has 2 aromatic carbocycles. The van der Waals surface area contributed by atoms with Gasteiger partial charge in [-0.1, -0.05) is 24.3 Å². The number of phenols is 1. The van der Waals surface area contributed by atoms with Crippen LogP contribution in [-0.2, 0) is 4.79 Å². The Balaban J connectivity index is 1.79. The number of phenolic OH excluding ortho intramolecular Hbond substituents is 1. The summed E-state index contributed by atoms with van der Waals surface area (Å²) in [7, 11) is 0. The molecular formula is C15H16N2O2. The molecular weight excluding hydrogens is 240 g/mol. The summed E-state index contributed by atoms with van der Waals surface area (Å²) in [4.78, 5) is 11.8. The highest BCUT2D eigenvalue weighted by Crippen LogP contribution is 2.29. The van der Waals surface area contributed by atoms with E-state index >= 15 is 0 Å². The Morgan fingerprint density at radius 2 is 1.89 bits per heavy atom. The van der Waals surface area contributed by atoms with Gasteiger partial charge in [0.1, 0.15) is 5.75 Å². The first-order valence-corrected chi connectivity index (χ1v) is 6.48. The number of hydrogen-bond acceptors (Lipinski definition) is 3. The fourth-order valence-electron chi connectivity index (χ4n) is 2.12. The lowest BCUT2D eigenvalue weighted by molar-refractivity contribution is -0.115. The second kappa shape index (κ2) is 4.90. The molecule has 0 heterocycles. The van der Waals surface area contributed by atoms with Gasteiger partial charge in [0.2, 0.25) is 5.91 Å². The number of benzene rings is 2. The van der Waals surface area contributed by atoms with E-state index in [4.69, 9.17) is 0 Å². The summed E-state index contributed by atoms with van der Waals surface area (Å²) in [5.74, 6) is 0.174. The van der Waals surface area contributed by atoms with Crippen molar-refractivity contribution in [2.75, 3.05) is 11.9 Å². The molecule has 0 aliphatic heterocycles. The van der Waals surface area contributed by atoms with E-state index in [1.807, 2.05) is 24.3 Å². The van der Waals surface area contributed by atoms with Gasteiger partial charge in [-0.3, -0.25) is 4.79 Å². The minimum Gasteiger partial charge on any atom is -0.507 e. The molecule has 4 heteroatoms. The third-order valence-electron chi connectivity index (χ3n) is 3.30. The number of aromatic hydroxyl groups is 1. The molecule has 0 saturated heterocycles. The molecule has 1 fully saturated rings. The van der Waals surface area contributed by atoms with E-state index in [0.717, 1.165) is 29.3 Å². The SMILES string of the molecule is O=C(CNC1CC1)Nc1cccc2c(O)cccc12. The van der Waals surface area contributed by atoms with Crippen molar-refractivity contribution in [3.63, 3.8) is 0 Å². The topological polar surface area (TPSA) is 61.4 Å². The quantitative estimate of drug-likeness (QED) is 0.786. The normalized spacial score (nSPS) is 14.5. The Kier molecular flexibility index (Phi) is 3.09. The molecule has 0 unspecified atom stereocenters. The standard InChI is InChI=1S/C15H16N2O2/c18-14-6-2-3-11-12(14)4-1-5-13(11)17-15(19)9-16-10-7-8-10/h1-6,10,16,18H,7-9H2,(H,17,19). The van der Waals surface area contributed by atoms with E-state index in [9.17, 15) is 9.90 Å². The van der Waals surface area contributed by atoms with Crippen LogP contribution in [0.1, 0.15) is 12.8 Å². The monoisotopic (exact) mass is 256 g/mol. The van der Waals surface area contributed by atoms with Crippen LogP contribution in [0.5, 0.6) is 5.75 Å². The number of amides is 1. The fourth-order valence-corrected chi connectivity index (χ4v) is 2.12. The molecule has 1 aliphatic carbocycles. The number of hydrogen-bond donors (Lipinski definition) is 3. The Hall–Kier alpha value is -2.07. The lowest BCUT2D eigenvalue weighted by Gasteiger charge is -2.10. The van der Waals surface area contributed by atoms with E-state index < -0.39 is 0 Å². The van der Waals surface area contributed by atoms with Gasteiger partial charge in [0.05, 0.1) is 6.54 Å². The predicted molar refractivity (Wildman–Crippen MR) is 75.3 cm³/mol. The lowest BCUT2D eigenvalue weighted by atomic mass is 10.1. The number of anilines is 1. The Morgan fingerprint density at radius 1 is 1.16 bits per heavy atom. The van der Waals surface area contributed by atoms with Gasteiger partial charge in [-0.05, 0) is 25.0 Å². The molecule has 0 atom stereocenters. The van der Waals surface area contributed by atoms with Gasteiger partial charge < -0.3 is 15.7 Å². The van der Waals surface area contributed by atoms with Gasteiger partial charge in [0, 0.05) is 22.5 Å². The average molecular weight is 256 g/mol. The number of rotatable bonds is 4. The van der Waals surface area contributed by atoms with Crippen LogP contribution < -0.4 is 10.6 Å². The van der Waals surface area contributed by atoms with E-state index in [1.54, 1.807) is 12.1 Å². The molecule has 4 nitrogen and oxygen atoms in total. The summed E-state index contributed by atoms with van der Waals surface area (Å²) < 4.78 is 0. The molecule has 0 bridgehead atoms. The second-order valence-electron chi connectivity index (χ2n) is 4.88.